The van der Waals surface area contributed by atoms with Crippen LogP contribution in [0.1, 0.15) is 23.6 Å². The summed E-state index contributed by atoms with van der Waals surface area (Å²) in [5.41, 5.74) is 3.98. The highest BCUT2D eigenvalue weighted by Gasteiger charge is 2.14. The predicted octanol–water partition coefficient (Wildman–Crippen LogP) is 3.82. The van der Waals surface area contributed by atoms with Gasteiger partial charge in [-0.1, -0.05) is 19.1 Å². The van der Waals surface area contributed by atoms with E-state index in [2.05, 4.69) is 17.6 Å². The number of aryl methyl sites for hydroxylation is 3. The molecule has 0 aliphatic heterocycles. The molecule has 24 heavy (non-hydrogen) atoms. The van der Waals surface area contributed by atoms with Crippen molar-refractivity contribution < 1.29 is 9.72 Å². The Hall–Kier alpha value is -2.89. The topological polar surface area (TPSA) is 84.3 Å². The van der Waals surface area contributed by atoms with Gasteiger partial charge in [-0.3, -0.25) is 14.9 Å². The molecule has 0 aliphatic rings. The smallest absolute Gasteiger partial charge is 0.274 e. The first kappa shape index (κ1) is 17.5. The van der Waals surface area contributed by atoms with Crippen LogP contribution in [0.5, 0.6) is 0 Å². The van der Waals surface area contributed by atoms with Crippen LogP contribution in [-0.2, 0) is 11.2 Å². The molecule has 1 amide bonds. The first-order valence-corrected chi connectivity index (χ1v) is 7.79. The number of benzene rings is 2. The molecule has 0 aliphatic carbocycles. The first-order valence-electron chi connectivity index (χ1n) is 7.79. The van der Waals surface area contributed by atoms with Crippen molar-refractivity contribution in [3.63, 3.8) is 0 Å². The summed E-state index contributed by atoms with van der Waals surface area (Å²) in [7, 11) is 0. The van der Waals surface area contributed by atoms with Crippen LogP contribution in [-0.4, -0.2) is 17.4 Å². The second-order valence-electron chi connectivity index (χ2n) is 5.67. The second-order valence-corrected chi connectivity index (χ2v) is 5.67. The molecule has 2 rings (SSSR count). The van der Waals surface area contributed by atoms with Gasteiger partial charge in [0.05, 0.1) is 11.5 Å². The van der Waals surface area contributed by atoms with Gasteiger partial charge in [0.2, 0.25) is 5.91 Å². The molecule has 0 aromatic heterocycles. The number of carbonyl (C=O) groups excluding carboxylic acids is 1. The number of nitro groups is 1. The van der Waals surface area contributed by atoms with E-state index in [9.17, 15) is 14.9 Å². The Bertz CT molecular complexity index is 772. The highest BCUT2D eigenvalue weighted by atomic mass is 16.6. The summed E-state index contributed by atoms with van der Waals surface area (Å²) in [5, 5.41) is 16.8. The lowest BCUT2D eigenvalue weighted by molar-refractivity contribution is -0.385. The van der Waals surface area contributed by atoms with E-state index in [1.807, 2.05) is 31.2 Å². The van der Waals surface area contributed by atoms with Crippen LogP contribution >= 0.6 is 0 Å². The van der Waals surface area contributed by atoms with Gasteiger partial charge >= 0.3 is 0 Å². The first-order chi connectivity index (χ1) is 11.4. The monoisotopic (exact) mass is 327 g/mol. The zero-order valence-electron chi connectivity index (χ0n) is 14.1. The maximum absolute atomic E-state index is 12.1. The molecule has 0 fully saturated rings. The quantitative estimate of drug-likeness (QED) is 0.624. The van der Waals surface area contributed by atoms with Gasteiger partial charge in [0.1, 0.15) is 0 Å². The summed E-state index contributed by atoms with van der Waals surface area (Å²) in [6.07, 6.45) is 0.897. The lowest BCUT2D eigenvalue weighted by atomic mass is 10.1. The molecule has 6 nitrogen and oxygen atoms in total. The molecule has 126 valence electrons. The van der Waals surface area contributed by atoms with E-state index in [0.717, 1.165) is 23.2 Å². The molecule has 0 saturated carbocycles. The van der Waals surface area contributed by atoms with E-state index < -0.39 is 4.92 Å². The number of rotatable bonds is 6. The third-order valence-electron chi connectivity index (χ3n) is 3.80. The van der Waals surface area contributed by atoms with E-state index in [-0.39, 0.29) is 18.1 Å². The normalized spacial score (nSPS) is 10.3. The second kappa shape index (κ2) is 7.59. The molecule has 0 atom stereocenters. The van der Waals surface area contributed by atoms with E-state index in [1.165, 1.54) is 6.07 Å². The Kier molecular flexibility index (Phi) is 5.52. The van der Waals surface area contributed by atoms with Crippen LogP contribution in [0.4, 0.5) is 17.1 Å². The number of amides is 1. The van der Waals surface area contributed by atoms with E-state index in [0.29, 0.717) is 11.3 Å². The van der Waals surface area contributed by atoms with E-state index in [4.69, 9.17) is 0 Å². The van der Waals surface area contributed by atoms with Gasteiger partial charge in [0.25, 0.3) is 5.69 Å². The molecule has 0 spiro atoms. The maximum atomic E-state index is 12.1. The number of nitro benzene ring substituents is 1. The summed E-state index contributed by atoms with van der Waals surface area (Å²) in [6.45, 7) is 5.64. The number of hydrogen-bond acceptors (Lipinski definition) is 4. The molecule has 2 aromatic rings. The number of nitrogens with one attached hydrogen (secondary N) is 2. The zero-order chi connectivity index (χ0) is 17.7. The van der Waals surface area contributed by atoms with Crippen molar-refractivity contribution >= 4 is 23.0 Å². The number of anilines is 2. The summed E-state index contributed by atoms with van der Waals surface area (Å²) in [4.78, 5) is 22.7. The molecule has 0 saturated heterocycles. The highest BCUT2D eigenvalue weighted by Crippen LogP contribution is 2.26. The van der Waals surface area contributed by atoms with Gasteiger partial charge in [-0.05, 0) is 49.6 Å². The average Bonchev–Trinajstić information content (AvgIpc) is 2.53. The molecule has 2 aromatic carbocycles. The van der Waals surface area contributed by atoms with Gasteiger partial charge < -0.3 is 10.6 Å². The standard InChI is InChI=1S/C18H21N3O3/c1-4-14-6-5-7-15(9-14)20-18(22)11-19-16-10-17(21(23)24)13(3)8-12(16)2/h5-10,19H,4,11H2,1-3H3,(H,20,22). The van der Waals surface area contributed by atoms with Crippen LogP contribution in [0.25, 0.3) is 0 Å². The van der Waals surface area contributed by atoms with Crippen LogP contribution in [0.3, 0.4) is 0 Å². The van der Waals surface area contributed by atoms with Gasteiger partial charge in [0.15, 0.2) is 0 Å². The number of carbonyl (C=O) groups is 1. The lowest BCUT2D eigenvalue weighted by Crippen LogP contribution is -2.22. The fourth-order valence-electron chi connectivity index (χ4n) is 2.48. The Labute approximate surface area is 141 Å². The highest BCUT2D eigenvalue weighted by molar-refractivity contribution is 5.94. The zero-order valence-corrected chi connectivity index (χ0v) is 14.1. The van der Waals surface area contributed by atoms with E-state index in [1.54, 1.807) is 13.0 Å². The van der Waals surface area contributed by atoms with Gasteiger partial charge in [-0.2, -0.15) is 0 Å². The Morgan fingerprint density at radius 1 is 1.17 bits per heavy atom. The SMILES string of the molecule is CCc1cccc(NC(=O)CNc2cc([N+](=O)[O-])c(C)cc2C)c1. The minimum Gasteiger partial charge on any atom is -0.376 e. The molecule has 2 N–H and O–H groups in total. The van der Waals surface area contributed by atoms with Crippen molar-refractivity contribution in [2.75, 3.05) is 17.2 Å². The van der Waals surface area contributed by atoms with Crippen molar-refractivity contribution in [3.8, 4) is 0 Å². The average molecular weight is 327 g/mol. The number of nitrogens with zero attached hydrogens (tertiary/aromatic N) is 1. The molecule has 0 radical (unpaired) electrons. The van der Waals surface area contributed by atoms with Gasteiger partial charge in [-0.15, -0.1) is 0 Å². The molecule has 6 heteroatoms. The molecule has 0 bridgehead atoms. The summed E-state index contributed by atoms with van der Waals surface area (Å²) in [6, 6.07) is 10.9. The third-order valence-corrected chi connectivity index (χ3v) is 3.80. The van der Waals surface area contributed by atoms with Crippen LogP contribution in [0.2, 0.25) is 0 Å². The van der Waals surface area contributed by atoms with Crippen LogP contribution < -0.4 is 10.6 Å². The Morgan fingerprint density at radius 3 is 2.58 bits per heavy atom. The maximum Gasteiger partial charge on any atom is 0.274 e. The summed E-state index contributed by atoms with van der Waals surface area (Å²) >= 11 is 0. The fraction of sp³-hybridized carbons (Fsp3) is 0.278. The van der Waals surface area contributed by atoms with E-state index >= 15 is 0 Å². The van der Waals surface area contributed by atoms with Gasteiger partial charge in [-0.25, -0.2) is 0 Å². The van der Waals surface area contributed by atoms with Gasteiger partial charge in [0, 0.05) is 23.0 Å². The molecule has 0 unspecified atom stereocenters. The Morgan fingerprint density at radius 2 is 1.92 bits per heavy atom. The Balaban J connectivity index is 2.03. The van der Waals surface area contributed by atoms with Crippen molar-refractivity contribution in [1.82, 2.24) is 0 Å². The van der Waals surface area contributed by atoms with Crippen LogP contribution in [0, 0.1) is 24.0 Å². The largest absolute Gasteiger partial charge is 0.376 e. The lowest BCUT2D eigenvalue weighted by Gasteiger charge is -2.11. The van der Waals surface area contributed by atoms with Crippen molar-refractivity contribution in [2.24, 2.45) is 0 Å². The molecular formula is C18H21N3O3. The summed E-state index contributed by atoms with van der Waals surface area (Å²) in [5.74, 6) is -0.203. The minimum absolute atomic E-state index is 0.0391. The predicted molar refractivity (Wildman–Crippen MR) is 95.5 cm³/mol. The van der Waals surface area contributed by atoms with Crippen LogP contribution in [0.15, 0.2) is 36.4 Å². The van der Waals surface area contributed by atoms with Crippen molar-refractivity contribution in [2.45, 2.75) is 27.2 Å². The van der Waals surface area contributed by atoms with Crippen molar-refractivity contribution in [3.05, 3.63) is 63.2 Å². The molecule has 0 heterocycles. The minimum atomic E-state index is -0.420. The number of hydrogen-bond donors (Lipinski definition) is 2. The molecular weight excluding hydrogens is 306 g/mol. The fourth-order valence-corrected chi connectivity index (χ4v) is 2.48. The van der Waals surface area contributed by atoms with Crippen molar-refractivity contribution in [1.29, 1.82) is 0 Å². The summed E-state index contributed by atoms with van der Waals surface area (Å²) < 4.78 is 0. The third kappa shape index (κ3) is 4.32.